The molecule has 4 heteroatoms. The molecule has 0 bridgehead atoms. The number of nitrogens with two attached hydrogens (primary N) is 1. The van der Waals surface area contributed by atoms with Crippen LogP contribution in [0, 0.1) is 5.82 Å². The first-order valence-electron chi connectivity index (χ1n) is 5.60. The van der Waals surface area contributed by atoms with Gasteiger partial charge in [0.05, 0.1) is 11.6 Å². The maximum Gasteiger partial charge on any atom is 0.149 e. The minimum absolute atomic E-state index is 0.160. The monoisotopic (exact) mass is 219 g/mol. The molecule has 2 N–H and O–H groups in total. The summed E-state index contributed by atoms with van der Waals surface area (Å²) in [6, 6.07) is 5.24. The number of para-hydroxylation sites is 1. The number of fused-ring (bicyclic) bond motifs is 1. The zero-order valence-electron chi connectivity index (χ0n) is 9.15. The summed E-state index contributed by atoms with van der Waals surface area (Å²) in [5.74, 6) is 0.589. The molecule has 0 saturated heterocycles. The first kappa shape index (κ1) is 9.78. The molecule has 2 aromatic rings. The van der Waals surface area contributed by atoms with Crippen molar-refractivity contribution in [2.75, 3.05) is 0 Å². The highest BCUT2D eigenvalue weighted by Gasteiger charge is 2.30. The number of imidazole rings is 1. The van der Waals surface area contributed by atoms with E-state index in [4.69, 9.17) is 5.73 Å². The second-order valence-corrected chi connectivity index (χ2v) is 4.47. The first-order chi connectivity index (χ1) is 7.68. The van der Waals surface area contributed by atoms with Gasteiger partial charge in [0, 0.05) is 6.04 Å². The van der Waals surface area contributed by atoms with Crippen LogP contribution in [0.3, 0.4) is 0 Å². The van der Waals surface area contributed by atoms with Gasteiger partial charge in [0.2, 0.25) is 0 Å². The molecule has 0 aliphatic heterocycles. The van der Waals surface area contributed by atoms with Crippen LogP contribution < -0.4 is 5.73 Å². The van der Waals surface area contributed by atoms with Gasteiger partial charge >= 0.3 is 0 Å². The standard InChI is InChI=1S/C12H14FN3/c1-7(14)12-15-10-4-2-3-9(13)11(10)16(12)8-5-6-8/h2-4,7-8H,5-6,14H2,1H3. The molecule has 1 atom stereocenters. The minimum Gasteiger partial charge on any atom is -0.322 e. The average Bonchev–Trinajstić information content (AvgIpc) is 2.99. The molecule has 1 aliphatic carbocycles. The summed E-state index contributed by atoms with van der Waals surface area (Å²) in [6.45, 7) is 1.89. The van der Waals surface area contributed by atoms with Gasteiger partial charge in [-0.2, -0.15) is 0 Å². The van der Waals surface area contributed by atoms with Crippen molar-refractivity contribution in [1.82, 2.24) is 9.55 Å². The number of hydrogen-bond acceptors (Lipinski definition) is 2. The number of hydrogen-bond donors (Lipinski definition) is 1. The lowest BCUT2D eigenvalue weighted by Gasteiger charge is -2.10. The van der Waals surface area contributed by atoms with Gasteiger partial charge < -0.3 is 10.3 Å². The van der Waals surface area contributed by atoms with Crippen molar-refractivity contribution in [2.45, 2.75) is 31.8 Å². The van der Waals surface area contributed by atoms with Gasteiger partial charge in [0.1, 0.15) is 17.2 Å². The molecular formula is C12H14FN3. The van der Waals surface area contributed by atoms with E-state index >= 15 is 0 Å². The van der Waals surface area contributed by atoms with E-state index in [1.807, 2.05) is 17.6 Å². The molecule has 16 heavy (non-hydrogen) atoms. The zero-order chi connectivity index (χ0) is 11.3. The fourth-order valence-electron chi connectivity index (χ4n) is 2.15. The summed E-state index contributed by atoms with van der Waals surface area (Å²) in [4.78, 5) is 4.43. The van der Waals surface area contributed by atoms with Crippen LogP contribution >= 0.6 is 0 Å². The number of benzene rings is 1. The van der Waals surface area contributed by atoms with Crippen LogP contribution in [0.25, 0.3) is 11.0 Å². The van der Waals surface area contributed by atoms with Crippen LogP contribution in [-0.4, -0.2) is 9.55 Å². The Morgan fingerprint density at radius 2 is 2.25 bits per heavy atom. The SMILES string of the molecule is CC(N)c1nc2cccc(F)c2n1C1CC1. The van der Waals surface area contributed by atoms with Crippen LogP contribution in [0.15, 0.2) is 18.2 Å². The largest absolute Gasteiger partial charge is 0.322 e. The van der Waals surface area contributed by atoms with Gasteiger partial charge in [-0.15, -0.1) is 0 Å². The van der Waals surface area contributed by atoms with E-state index in [1.54, 1.807) is 6.07 Å². The highest BCUT2D eigenvalue weighted by atomic mass is 19.1. The fourth-order valence-corrected chi connectivity index (χ4v) is 2.15. The van der Waals surface area contributed by atoms with E-state index in [0.29, 0.717) is 17.1 Å². The van der Waals surface area contributed by atoms with Crippen LogP contribution in [0.4, 0.5) is 4.39 Å². The Kier molecular flexibility index (Phi) is 2.01. The molecule has 1 aromatic heterocycles. The van der Waals surface area contributed by atoms with E-state index in [1.165, 1.54) is 6.07 Å². The third-order valence-corrected chi connectivity index (χ3v) is 3.01. The second kappa shape index (κ2) is 3.28. The van der Waals surface area contributed by atoms with Gasteiger partial charge in [-0.3, -0.25) is 0 Å². The van der Waals surface area contributed by atoms with Gasteiger partial charge in [-0.25, -0.2) is 9.37 Å². The molecule has 0 amide bonds. The Bertz CT molecular complexity index is 540. The van der Waals surface area contributed by atoms with Gasteiger partial charge in [0.15, 0.2) is 0 Å². The smallest absolute Gasteiger partial charge is 0.149 e. The predicted molar refractivity (Wildman–Crippen MR) is 60.6 cm³/mol. The molecule has 3 nitrogen and oxygen atoms in total. The molecule has 0 spiro atoms. The Balaban J connectivity index is 2.34. The summed E-state index contributed by atoms with van der Waals surface area (Å²) in [7, 11) is 0. The maximum absolute atomic E-state index is 13.8. The molecule has 3 rings (SSSR count). The molecule has 0 radical (unpaired) electrons. The van der Waals surface area contributed by atoms with Crippen molar-refractivity contribution in [1.29, 1.82) is 0 Å². The Morgan fingerprint density at radius 3 is 2.88 bits per heavy atom. The highest BCUT2D eigenvalue weighted by Crippen LogP contribution is 2.40. The van der Waals surface area contributed by atoms with E-state index in [-0.39, 0.29) is 11.9 Å². The quantitative estimate of drug-likeness (QED) is 0.843. The van der Waals surface area contributed by atoms with Crippen molar-refractivity contribution in [3.05, 3.63) is 29.8 Å². The van der Waals surface area contributed by atoms with Crippen molar-refractivity contribution in [2.24, 2.45) is 5.73 Å². The van der Waals surface area contributed by atoms with Crippen LogP contribution in [0.1, 0.15) is 37.7 Å². The van der Waals surface area contributed by atoms with Crippen molar-refractivity contribution in [3.63, 3.8) is 0 Å². The van der Waals surface area contributed by atoms with E-state index < -0.39 is 0 Å². The summed E-state index contributed by atoms with van der Waals surface area (Å²) in [5, 5.41) is 0. The lowest BCUT2D eigenvalue weighted by atomic mass is 10.3. The third-order valence-electron chi connectivity index (χ3n) is 3.01. The number of halogens is 1. The number of aromatic nitrogens is 2. The number of nitrogens with zero attached hydrogens (tertiary/aromatic N) is 2. The molecule has 1 saturated carbocycles. The summed E-state index contributed by atoms with van der Waals surface area (Å²) >= 11 is 0. The predicted octanol–water partition coefficient (Wildman–Crippen LogP) is 2.53. The fraction of sp³-hybridized carbons (Fsp3) is 0.417. The molecule has 1 aromatic carbocycles. The van der Waals surface area contributed by atoms with Gasteiger partial charge in [-0.1, -0.05) is 6.07 Å². The molecular weight excluding hydrogens is 205 g/mol. The lowest BCUT2D eigenvalue weighted by Crippen LogP contribution is -2.13. The Hall–Kier alpha value is -1.42. The molecule has 1 unspecified atom stereocenters. The summed E-state index contributed by atoms with van der Waals surface area (Å²) in [6.07, 6.45) is 2.19. The van der Waals surface area contributed by atoms with Crippen molar-refractivity contribution >= 4 is 11.0 Å². The second-order valence-electron chi connectivity index (χ2n) is 4.47. The minimum atomic E-state index is -0.205. The van der Waals surface area contributed by atoms with Crippen LogP contribution in [-0.2, 0) is 0 Å². The first-order valence-corrected chi connectivity index (χ1v) is 5.60. The molecule has 1 fully saturated rings. The molecule has 1 heterocycles. The Labute approximate surface area is 93.1 Å². The third kappa shape index (κ3) is 1.33. The van der Waals surface area contributed by atoms with Gasteiger partial charge in [0.25, 0.3) is 0 Å². The topological polar surface area (TPSA) is 43.8 Å². The zero-order valence-corrected chi connectivity index (χ0v) is 9.15. The number of rotatable bonds is 2. The Morgan fingerprint density at radius 1 is 1.50 bits per heavy atom. The lowest BCUT2D eigenvalue weighted by molar-refractivity contribution is 0.603. The molecule has 84 valence electrons. The average molecular weight is 219 g/mol. The van der Waals surface area contributed by atoms with Crippen LogP contribution in [0.2, 0.25) is 0 Å². The van der Waals surface area contributed by atoms with Crippen molar-refractivity contribution < 1.29 is 4.39 Å². The summed E-state index contributed by atoms with van der Waals surface area (Å²) in [5.41, 5.74) is 7.20. The van der Waals surface area contributed by atoms with Crippen LogP contribution in [0.5, 0.6) is 0 Å². The normalized spacial score (nSPS) is 17.9. The molecule has 1 aliphatic rings. The van der Waals surface area contributed by atoms with E-state index in [9.17, 15) is 4.39 Å². The van der Waals surface area contributed by atoms with Crippen molar-refractivity contribution in [3.8, 4) is 0 Å². The van der Waals surface area contributed by atoms with Gasteiger partial charge in [-0.05, 0) is 31.9 Å². The highest BCUT2D eigenvalue weighted by molar-refractivity contribution is 5.77. The summed E-state index contributed by atoms with van der Waals surface area (Å²) < 4.78 is 15.8. The van der Waals surface area contributed by atoms with E-state index in [2.05, 4.69) is 4.98 Å². The van der Waals surface area contributed by atoms with E-state index in [0.717, 1.165) is 18.7 Å². The maximum atomic E-state index is 13.8.